The van der Waals surface area contributed by atoms with Gasteiger partial charge in [-0.15, -0.1) is 0 Å². The molecule has 186 valence electrons. The number of halogens is 1. The highest BCUT2D eigenvalue weighted by molar-refractivity contribution is 7.22. The van der Waals surface area contributed by atoms with Gasteiger partial charge < -0.3 is 14.6 Å². The van der Waals surface area contributed by atoms with Crippen LogP contribution in [0, 0.1) is 0 Å². The summed E-state index contributed by atoms with van der Waals surface area (Å²) < 4.78 is 11.9. The van der Waals surface area contributed by atoms with Gasteiger partial charge in [-0.1, -0.05) is 35.1 Å². The Balaban J connectivity index is 1.53. The highest BCUT2D eigenvalue weighted by Gasteiger charge is 2.48. The van der Waals surface area contributed by atoms with E-state index in [0.717, 1.165) is 16.0 Å². The summed E-state index contributed by atoms with van der Waals surface area (Å²) in [7, 11) is 1.58. The number of hydrogen-bond acceptors (Lipinski definition) is 7. The van der Waals surface area contributed by atoms with E-state index in [0.29, 0.717) is 39.0 Å². The number of carbonyl (C=O) groups is 2. The number of aliphatic hydroxyl groups excluding tert-OH is 1. The number of nitrogens with zero attached hydrogens (tertiary/aromatic N) is 2. The van der Waals surface area contributed by atoms with Crippen molar-refractivity contribution in [1.29, 1.82) is 0 Å². The zero-order valence-electron chi connectivity index (χ0n) is 19.9. The highest BCUT2D eigenvalue weighted by Crippen LogP contribution is 2.45. The lowest BCUT2D eigenvalue weighted by Gasteiger charge is -2.23. The number of benzene rings is 3. The van der Waals surface area contributed by atoms with E-state index in [-0.39, 0.29) is 17.4 Å². The predicted molar refractivity (Wildman–Crippen MR) is 143 cm³/mol. The zero-order valence-corrected chi connectivity index (χ0v) is 21.5. The summed E-state index contributed by atoms with van der Waals surface area (Å²) in [5.41, 5.74) is 2.61. The van der Waals surface area contributed by atoms with Crippen LogP contribution in [0.25, 0.3) is 16.0 Å². The summed E-state index contributed by atoms with van der Waals surface area (Å²) in [6, 6.07) is 16.7. The molecule has 0 spiro atoms. The molecule has 37 heavy (non-hydrogen) atoms. The molecular formula is C28H21ClN2O5S. The quantitative estimate of drug-likeness (QED) is 0.200. The van der Waals surface area contributed by atoms with Gasteiger partial charge in [0.25, 0.3) is 5.78 Å². The molecule has 4 aromatic rings. The minimum Gasteiger partial charge on any atom is -0.507 e. The lowest BCUT2D eigenvalue weighted by molar-refractivity contribution is -0.132. The fourth-order valence-corrected chi connectivity index (χ4v) is 6.09. The van der Waals surface area contributed by atoms with E-state index in [2.05, 4.69) is 4.98 Å². The van der Waals surface area contributed by atoms with Crippen molar-refractivity contribution in [2.45, 2.75) is 25.5 Å². The van der Waals surface area contributed by atoms with Crippen molar-refractivity contribution >= 4 is 55.7 Å². The Morgan fingerprint density at radius 1 is 1.16 bits per heavy atom. The summed E-state index contributed by atoms with van der Waals surface area (Å²) in [5.74, 6) is -0.400. The van der Waals surface area contributed by atoms with Gasteiger partial charge in [0.2, 0.25) is 0 Å². The fourth-order valence-electron chi connectivity index (χ4n) is 4.87. The van der Waals surface area contributed by atoms with Gasteiger partial charge in [0, 0.05) is 17.0 Å². The van der Waals surface area contributed by atoms with E-state index in [1.807, 2.05) is 13.0 Å². The highest BCUT2D eigenvalue weighted by atomic mass is 35.5. The average Bonchev–Trinajstić information content (AvgIpc) is 3.55. The molecule has 2 aliphatic heterocycles. The van der Waals surface area contributed by atoms with Gasteiger partial charge in [-0.2, -0.15) is 0 Å². The Kier molecular flexibility index (Phi) is 5.66. The van der Waals surface area contributed by atoms with Crippen LogP contribution in [0.1, 0.15) is 29.7 Å². The Morgan fingerprint density at radius 2 is 2.00 bits per heavy atom. The molecule has 0 saturated carbocycles. The van der Waals surface area contributed by atoms with Crippen LogP contribution in [0.4, 0.5) is 5.13 Å². The van der Waals surface area contributed by atoms with Gasteiger partial charge in [0.1, 0.15) is 23.4 Å². The van der Waals surface area contributed by atoms with Crippen molar-refractivity contribution in [1.82, 2.24) is 4.98 Å². The largest absolute Gasteiger partial charge is 0.507 e. The number of hydrogen-bond donors (Lipinski definition) is 1. The van der Waals surface area contributed by atoms with Crippen LogP contribution in [-0.2, 0) is 16.0 Å². The van der Waals surface area contributed by atoms with Crippen molar-refractivity contribution in [2.24, 2.45) is 0 Å². The predicted octanol–water partition coefficient (Wildman–Crippen LogP) is 5.91. The molecule has 3 aromatic carbocycles. The second kappa shape index (κ2) is 8.90. The number of Topliss-reactive ketones (excluding diaryl/α,β-unsaturated/α-hetero) is 1. The lowest BCUT2D eigenvalue weighted by atomic mass is 9.94. The van der Waals surface area contributed by atoms with Crippen LogP contribution in [0.3, 0.4) is 0 Å². The second-order valence-corrected chi connectivity index (χ2v) is 10.5. The molecule has 6 rings (SSSR count). The van der Waals surface area contributed by atoms with E-state index in [4.69, 9.17) is 21.1 Å². The van der Waals surface area contributed by atoms with Crippen molar-refractivity contribution in [3.05, 3.63) is 87.9 Å². The number of ketones is 1. The van der Waals surface area contributed by atoms with Gasteiger partial charge >= 0.3 is 5.91 Å². The second-order valence-electron chi connectivity index (χ2n) is 9.01. The maximum atomic E-state index is 13.5. The van der Waals surface area contributed by atoms with Crippen molar-refractivity contribution in [2.75, 3.05) is 12.0 Å². The number of carbonyl (C=O) groups excluding carboxylic acids is 2. The summed E-state index contributed by atoms with van der Waals surface area (Å²) in [6.07, 6.45) is 0.722. The number of anilines is 1. The van der Waals surface area contributed by atoms with Crippen LogP contribution in [0.15, 0.2) is 66.2 Å². The summed E-state index contributed by atoms with van der Waals surface area (Å²) in [5, 5.41) is 12.2. The maximum absolute atomic E-state index is 13.5. The monoisotopic (exact) mass is 532 g/mol. The van der Waals surface area contributed by atoms with Gasteiger partial charge in [-0.05, 0) is 66.6 Å². The van der Waals surface area contributed by atoms with E-state index in [1.165, 1.54) is 16.2 Å². The molecule has 0 radical (unpaired) electrons. The molecular weight excluding hydrogens is 512 g/mol. The average molecular weight is 533 g/mol. The molecule has 3 heterocycles. The standard InChI is InChI=1S/C28H21ClN2O5S/c1-14-10-17-11-16(6-9-21(17)36-14)25(32)23-24(15-4-3-5-18(29)12-15)31(27(34)26(23)33)28-30-20-8-7-19(35-2)13-22(20)37-28/h3-9,11-14,24,32H,10H2,1-2H3/t14-,24-/m1/s1. The van der Waals surface area contributed by atoms with Crippen molar-refractivity contribution in [3.8, 4) is 11.5 Å². The number of ether oxygens (including phenoxy) is 2. The van der Waals surface area contributed by atoms with Gasteiger partial charge in [0.05, 0.1) is 28.9 Å². The van der Waals surface area contributed by atoms with Gasteiger partial charge in [-0.3, -0.25) is 14.5 Å². The molecule has 1 aromatic heterocycles. The first-order chi connectivity index (χ1) is 17.8. The third-order valence-electron chi connectivity index (χ3n) is 6.57. The molecule has 1 amide bonds. The van der Waals surface area contributed by atoms with Crippen LogP contribution >= 0.6 is 22.9 Å². The maximum Gasteiger partial charge on any atom is 0.301 e. The first kappa shape index (κ1) is 23.5. The Labute approximate surface area is 221 Å². The molecule has 1 saturated heterocycles. The summed E-state index contributed by atoms with van der Waals surface area (Å²) >= 11 is 7.57. The number of methoxy groups -OCH3 is 1. The Bertz CT molecular complexity index is 1630. The van der Waals surface area contributed by atoms with Crippen LogP contribution in [-0.4, -0.2) is 35.0 Å². The van der Waals surface area contributed by atoms with Crippen molar-refractivity contribution < 1.29 is 24.2 Å². The topological polar surface area (TPSA) is 89.0 Å². The third kappa shape index (κ3) is 3.93. The number of fused-ring (bicyclic) bond motifs is 2. The molecule has 2 atom stereocenters. The van der Waals surface area contributed by atoms with E-state index < -0.39 is 17.7 Å². The minimum atomic E-state index is -0.912. The van der Waals surface area contributed by atoms with E-state index >= 15 is 0 Å². The Hall–Kier alpha value is -3.88. The summed E-state index contributed by atoms with van der Waals surface area (Å²) in [6.45, 7) is 1.97. The number of aliphatic hydroxyl groups is 1. The molecule has 1 N–H and O–H groups in total. The molecule has 0 bridgehead atoms. The normalized spacial score (nSPS) is 20.4. The number of amides is 1. The van der Waals surface area contributed by atoms with Gasteiger partial charge in [0.15, 0.2) is 5.13 Å². The number of thiazole rings is 1. The first-order valence-electron chi connectivity index (χ1n) is 11.6. The van der Waals surface area contributed by atoms with Crippen LogP contribution in [0.2, 0.25) is 5.02 Å². The molecule has 0 aliphatic carbocycles. The van der Waals surface area contributed by atoms with Gasteiger partial charge in [-0.25, -0.2) is 4.98 Å². The van der Waals surface area contributed by atoms with Crippen LogP contribution < -0.4 is 14.4 Å². The van der Waals surface area contributed by atoms with E-state index in [9.17, 15) is 14.7 Å². The molecule has 7 nitrogen and oxygen atoms in total. The molecule has 1 fully saturated rings. The van der Waals surface area contributed by atoms with Crippen molar-refractivity contribution in [3.63, 3.8) is 0 Å². The Morgan fingerprint density at radius 3 is 2.78 bits per heavy atom. The minimum absolute atomic E-state index is 0.0176. The number of rotatable bonds is 4. The molecule has 2 aliphatic rings. The SMILES string of the molecule is COc1ccc2nc(N3C(=O)C(=O)C(=C(O)c4ccc5c(c4)C[C@@H](C)O5)[C@H]3c3cccc(Cl)c3)sc2c1. The first-order valence-corrected chi connectivity index (χ1v) is 12.8. The number of aromatic nitrogens is 1. The fraction of sp³-hybridized carbons (Fsp3) is 0.179. The van der Waals surface area contributed by atoms with E-state index in [1.54, 1.807) is 61.7 Å². The smallest absolute Gasteiger partial charge is 0.301 e. The summed E-state index contributed by atoms with van der Waals surface area (Å²) in [4.78, 5) is 32.9. The molecule has 0 unspecified atom stereocenters. The lowest BCUT2D eigenvalue weighted by Crippen LogP contribution is -2.29. The zero-order chi connectivity index (χ0) is 25.8. The van der Waals surface area contributed by atoms with Crippen LogP contribution in [0.5, 0.6) is 11.5 Å². The molecule has 9 heteroatoms. The third-order valence-corrected chi connectivity index (χ3v) is 7.82.